The van der Waals surface area contributed by atoms with Crippen LogP contribution in [0, 0.1) is 5.92 Å². The highest BCUT2D eigenvalue weighted by molar-refractivity contribution is 5.93. The Balaban J connectivity index is 1.96. The molecule has 0 saturated carbocycles. The van der Waals surface area contributed by atoms with Crippen molar-refractivity contribution in [1.29, 1.82) is 0 Å². The molecule has 1 fully saturated rings. The van der Waals surface area contributed by atoms with E-state index in [2.05, 4.69) is 5.16 Å². The highest BCUT2D eigenvalue weighted by Crippen LogP contribution is 2.60. The van der Waals surface area contributed by atoms with E-state index in [1.54, 1.807) is 0 Å². The minimum absolute atomic E-state index is 0.00556. The van der Waals surface area contributed by atoms with E-state index in [0.29, 0.717) is 0 Å². The maximum Gasteiger partial charge on any atom is 0.347 e. The zero-order chi connectivity index (χ0) is 13.2. The van der Waals surface area contributed by atoms with Crippen molar-refractivity contribution in [2.24, 2.45) is 11.1 Å². The van der Waals surface area contributed by atoms with Crippen molar-refractivity contribution in [3.63, 3.8) is 0 Å². The summed E-state index contributed by atoms with van der Waals surface area (Å²) in [6.07, 6.45) is -0.591. The van der Waals surface area contributed by atoms with E-state index >= 15 is 0 Å². The van der Waals surface area contributed by atoms with Gasteiger partial charge in [0.05, 0.1) is 24.8 Å². The minimum Gasteiger partial charge on any atom is -0.467 e. The average molecular weight is 259 g/mol. The quantitative estimate of drug-likeness (QED) is 0.718. The van der Waals surface area contributed by atoms with Crippen molar-refractivity contribution >= 4 is 11.7 Å². The summed E-state index contributed by atoms with van der Waals surface area (Å²) in [6.45, 7) is 1.91. The van der Waals surface area contributed by atoms with Crippen LogP contribution in [0.1, 0.15) is 24.2 Å². The number of oxime groups is 1. The summed E-state index contributed by atoms with van der Waals surface area (Å²) in [4.78, 5) is 17.8. The Bertz CT molecular complexity index is 611. The molecule has 0 unspecified atom stereocenters. The van der Waals surface area contributed by atoms with Gasteiger partial charge in [-0.3, -0.25) is 0 Å². The van der Waals surface area contributed by atoms with Gasteiger partial charge >= 0.3 is 5.97 Å². The van der Waals surface area contributed by atoms with Gasteiger partial charge in [-0.15, -0.1) is 0 Å². The molecule has 0 radical (unpaired) electrons. The van der Waals surface area contributed by atoms with E-state index in [-0.39, 0.29) is 12.0 Å². The summed E-state index contributed by atoms with van der Waals surface area (Å²) in [7, 11) is 1.37. The lowest BCUT2D eigenvalue weighted by Gasteiger charge is -2.29. The lowest BCUT2D eigenvalue weighted by Crippen LogP contribution is -2.47. The SMILES string of the molecule is COC(=O)[C@]12O[C@H](c3ccccc31)[C@H]1C(C)=NO[C@H]12. The summed E-state index contributed by atoms with van der Waals surface area (Å²) in [5.41, 5.74) is 1.59. The zero-order valence-corrected chi connectivity index (χ0v) is 10.6. The molecule has 4 atom stereocenters. The zero-order valence-electron chi connectivity index (χ0n) is 10.6. The number of esters is 1. The molecular weight excluding hydrogens is 246 g/mol. The standard InChI is InChI=1S/C14H13NO4/c1-7-10-11-8-5-3-4-6-9(8)14(18-11,13(16)17-2)12(10)19-15-7/h3-6,10-12H,1-2H3/t10-,11-,12-,14+/m1/s1. The van der Waals surface area contributed by atoms with E-state index in [9.17, 15) is 4.79 Å². The van der Waals surface area contributed by atoms with E-state index < -0.39 is 17.7 Å². The van der Waals surface area contributed by atoms with Crippen molar-refractivity contribution in [1.82, 2.24) is 0 Å². The Hall–Kier alpha value is -1.88. The van der Waals surface area contributed by atoms with Gasteiger partial charge in [0, 0.05) is 5.56 Å². The molecule has 3 aliphatic rings. The highest BCUT2D eigenvalue weighted by Gasteiger charge is 2.71. The monoisotopic (exact) mass is 259 g/mol. The fourth-order valence-corrected chi connectivity index (χ4v) is 3.51. The number of fused-ring (bicyclic) bond motifs is 8. The second-order valence-corrected chi connectivity index (χ2v) is 5.14. The molecule has 0 aromatic heterocycles. The second-order valence-electron chi connectivity index (χ2n) is 5.14. The van der Waals surface area contributed by atoms with E-state index in [1.165, 1.54) is 7.11 Å². The van der Waals surface area contributed by atoms with E-state index in [1.807, 2.05) is 31.2 Å². The smallest absolute Gasteiger partial charge is 0.347 e. The number of carbonyl (C=O) groups excluding carboxylic acids is 1. The lowest BCUT2D eigenvalue weighted by atomic mass is 9.73. The van der Waals surface area contributed by atoms with Gasteiger partial charge in [-0.25, -0.2) is 4.79 Å². The average Bonchev–Trinajstić information content (AvgIpc) is 3.08. The maximum atomic E-state index is 12.3. The normalized spacial score (nSPS) is 37.4. The number of hydrogen-bond donors (Lipinski definition) is 0. The topological polar surface area (TPSA) is 57.1 Å². The van der Waals surface area contributed by atoms with Crippen LogP contribution >= 0.6 is 0 Å². The number of carbonyl (C=O) groups is 1. The van der Waals surface area contributed by atoms with Crippen LogP contribution in [0.4, 0.5) is 0 Å². The Morgan fingerprint density at radius 3 is 3.00 bits per heavy atom. The highest BCUT2D eigenvalue weighted by atomic mass is 16.7. The molecule has 1 aromatic rings. The van der Waals surface area contributed by atoms with Gasteiger partial charge < -0.3 is 14.3 Å². The summed E-state index contributed by atoms with van der Waals surface area (Å²) in [6, 6.07) is 7.74. The van der Waals surface area contributed by atoms with Crippen molar-refractivity contribution in [3.05, 3.63) is 35.4 Å². The van der Waals surface area contributed by atoms with Crippen molar-refractivity contribution in [2.45, 2.75) is 24.7 Å². The van der Waals surface area contributed by atoms with Crippen LogP contribution in [0.3, 0.4) is 0 Å². The Kier molecular flexibility index (Phi) is 1.94. The fourth-order valence-electron chi connectivity index (χ4n) is 3.51. The lowest BCUT2D eigenvalue weighted by molar-refractivity contribution is -0.178. The molecule has 2 bridgehead atoms. The Morgan fingerprint density at radius 1 is 1.42 bits per heavy atom. The third-order valence-electron chi connectivity index (χ3n) is 4.31. The van der Waals surface area contributed by atoms with E-state index in [4.69, 9.17) is 14.3 Å². The number of benzene rings is 1. The van der Waals surface area contributed by atoms with Crippen LogP contribution in [-0.2, 0) is 24.7 Å². The first-order chi connectivity index (χ1) is 9.20. The molecule has 1 aromatic carbocycles. The molecule has 3 heterocycles. The Labute approximate surface area is 110 Å². The third-order valence-corrected chi connectivity index (χ3v) is 4.31. The molecule has 19 heavy (non-hydrogen) atoms. The predicted octanol–water partition coefficient (Wildman–Crippen LogP) is 1.53. The number of ether oxygens (including phenoxy) is 2. The summed E-state index contributed by atoms with van der Waals surface area (Å²) >= 11 is 0. The van der Waals surface area contributed by atoms with Gasteiger partial charge in [0.1, 0.15) is 0 Å². The number of hydrogen-bond acceptors (Lipinski definition) is 5. The van der Waals surface area contributed by atoms with Gasteiger partial charge in [-0.05, 0) is 12.5 Å². The second kappa shape index (κ2) is 3.36. The van der Waals surface area contributed by atoms with Gasteiger partial charge in [-0.1, -0.05) is 29.4 Å². The van der Waals surface area contributed by atoms with Crippen LogP contribution in [0.2, 0.25) is 0 Å². The summed E-state index contributed by atoms with van der Waals surface area (Å²) in [5.74, 6) is -0.422. The molecule has 5 nitrogen and oxygen atoms in total. The van der Waals surface area contributed by atoms with Gasteiger partial charge in [0.2, 0.25) is 5.60 Å². The molecule has 98 valence electrons. The number of methoxy groups -OCH3 is 1. The van der Waals surface area contributed by atoms with Gasteiger partial charge in [0.15, 0.2) is 6.10 Å². The van der Waals surface area contributed by atoms with Crippen molar-refractivity contribution < 1.29 is 19.1 Å². The first kappa shape index (κ1) is 11.0. The Morgan fingerprint density at radius 2 is 2.21 bits per heavy atom. The van der Waals surface area contributed by atoms with Crippen LogP contribution in [-0.4, -0.2) is 24.9 Å². The van der Waals surface area contributed by atoms with Crippen molar-refractivity contribution in [2.75, 3.05) is 7.11 Å². The van der Waals surface area contributed by atoms with Crippen LogP contribution in [0.5, 0.6) is 0 Å². The van der Waals surface area contributed by atoms with Crippen LogP contribution < -0.4 is 0 Å². The third kappa shape index (κ3) is 1.06. The molecule has 0 amide bonds. The fraction of sp³-hybridized carbons (Fsp3) is 0.429. The molecule has 3 aliphatic heterocycles. The first-order valence-corrected chi connectivity index (χ1v) is 6.26. The molecule has 1 saturated heterocycles. The molecule has 4 rings (SSSR count). The minimum atomic E-state index is -1.16. The molecular formula is C14H13NO4. The molecule has 0 aliphatic carbocycles. The maximum absolute atomic E-state index is 12.3. The van der Waals surface area contributed by atoms with Gasteiger partial charge in [-0.2, -0.15) is 0 Å². The summed E-state index contributed by atoms with van der Waals surface area (Å²) in [5, 5.41) is 4.04. The number of rotatable bonds is 1. The largest absolute Gasteiger partial charge is 0.467 e. The molecule has 0 spiro atoms. The van der Waals surface area contributed by atoms with E-state index in [0.717, 1.165) is 16.8 Å². The van der Waals surface area contributed by atoms with Gasteiger partial charge in [0.25, 0.3) is 0 Å². The molecule has 5 heteroatoms. The molecule has 0 N–H and O–H groups in total. The first-order valence-electron chi connectivity index (χ1n) is 6.26. The van der Waals surface area contributed by atoms with Crippen LogP contribution in [0.25, 0.3) is 0 Å². The predicted molar refractivity (Wildman–Crippen MR) is 65.4 cm³/mol. The van der Waals surface area contributed by atoms with Crippen molar-refractivity contribution in [3.8, 4) is 0 Å². The summed E-state index contributed by atoms with van der Waals surface area (Å²) < 4.78 is 11.0. The number of nitrogens with zero attached hydrogens (tertiary/aromatic N) is 1. The van der Waals surface area contributed by atoms with Crippen LogP contribution in [0.15, 0.2) is 29.4 Å².